The Morgan fingerprint density at radius 2 is 1.83 bits per heavy atom. The minimum Gasteiger partial charge on any atom is -0.422 e. The average Bonchev–Trinajstić information content (AvgIpc) is 3.14. The molecule has 4 aromatic rings. The standard InChI is InChI=1S/C24H24N2O2S/c1-3-13-26(14-4-2)19-11-9-17-15-18(24(27)28-21(17)16-19)10-12-23-25-20-7-5-6-8-22(20)29-23/h5-12,15-16H,3-4,13-14H2,1-2H3/b12-10+. The molecule has 0 bridgehead atoms. The molecule has 4 rings (SSSR count). The van der Waals surface area contributed by atoms with E-state index in [1.54, 1.807) is 17.4 Å². The molecule has 0 spiro atoms. The third-order valence-electron chi connectivity index (χ3n) is 4.81. The first-order valence-corrected chi connectivity index (χ1v) is 10.9. The Labute approximate surface area is 174 Å². The lowest BCUT2D eigenvalue weighted by Crippen LogP contribution is -2.24. The molecule has 2 aromatic carbocycles. The number of aromatic nitrogens is 1. The number of anilines is 1. The van der Waals surface area contributed by atoms with Crippen LogP contribution in [-0.4, -0.2) is 18.1 Å². The van der Waals surface area contributed by atoms with Gasteiger partial charge in [0.2, 0.25) is 0 Å². The summed E-state index contributed by atoms with van der Waals surface area (Å²) in [7, 11) is 0. The summed E-state index contributed by atoms with van der Waals surface area (Å²) in [5.74, 6) is 0. The van der Waals surface area contributed by atoms with Gasteiger partial charge in [-0.2, -0.15) is 0 Å². The maximum atomic E-state index is 12.5. The van der Waals surface area contributed by atoms with Crippen LogP contribution in [0, 0.1) is 0 Å². The van der Waals surface area contributed by atoms with Gasteiger partial charge in [-0.25, -0.2) is 9.78 Å². The van der Waals surface area contributed by atoms with E-state index in [4.69, 9.17) is 4.42 Å². The molecule has 0 fully saturated rings. The van der Waals surface area contributed by atoms with Crippen LogP contribution >= 0.6 is 11.3 Å². The van der Waals surface area contributed by atoms with E-state index in [9.17, 15) is 4.79 Å². The second-order valence-corrected chi connectivity index (χ2v) is 8.11. The Bertz CT molecular complexity index is 1180. The summed E-state index contributed by atoms with van der Waals surface area (Å²) in [4.78, 5) is 19.4. The number of nitrogens with zero attached hydrogens (tertiary/aromatic N) is 2. The van der Waals surface area contributed by atoms with E-state index in [0.717, 1.165) is 52.2 Å². The van der Waals surface area contributed by atoms with Crippen molar-refractivity contribution in [3.8, 4) is 0 Å². The maximum Gasteiger partial charge on any atom is 0.343 e. The van der Waals surface area contributed by atoms with Crippen molar-refractivity contribution in [2.75, 3.05) is 18.0 Å². The van der Waals surface area contributed by atoms with Crippen molar-refractivity contribution in [1.29, 1.82) is 0 Å². The number of rotatable bonds is 7. The molecule has 29 heavy (non-hydrogen) atoms. The highest BCUT2D eigenvalue weighted by Crippen LogP contribution is 2.25. The SMILES string of the molecule is CCCN(CCC)c1ccc2cc(/C=C/c3nc4ccccc4s3)c(=O)oc2c1. The minimum atomic E-state index is -0.329. The van der Waals surface area contributed by atoms with Crippen LogP contribution in [-0.2, 0) is 0 Å². The fraction of sp³-hybridized carbons (Fsp3) is 0.250. The van der Waals surface area contributed by atoms with Gasteiger partial charge in [0, 0.05) is 30.2 Å². The molecule has 0 saturated carbocycles. The van der Waals surface area contributed by atoms with Crippen molar-refractivity contribution >= 4 is 50.4 Å². The lowest BCUT2D eigenvalue weighted by Gasteiger charge is -2.23. The molecule has 0 N–H and O–H groups in total. The molecule has 0 aliphatic heterocycles. The summed E-state index contributed by atoms with van der Waals surface area (Å²) in [6.45, 7) is 6.33. The predicted molar refractivity (Wildman–Crippen MR) is 124 cm³/mol. The first-order valence-electron chi connectivity index (χ1n) is 10.0. The monoisotopic (exact) mass is 404 g/mol. The molecule has 0 radical (unpaired) electrons. The molecule has 2 aromatic heterocycles. The summed E-state index contributed by atoms with van der Waals surface area (Å²) in [6.07, 6.45) is 5.83. The fourth-order valence-corrected chi connectivity index (χ4v) is 4.33. The van der Waals surface area contributed by atoms with Crippen LogP contribution in [0.25, 0.3) is 33.3 Å². The number of hydrogen-bond donors (Lipinski definition) is 0. The zero-order valence-electron chi connectivity index (χ0n) is 16.7. The maximum absolute atomic E-state index is 12.5. The summed E-state index contributed by atoms with van der Waals surface area (Å²) < 4.78 is 6.77. The highest BCUT2D eigenvalue weighted by Gasteiger charge is 2.09. The molecule has 0 unspecified atom stereocenters. The van der Waals surface area contributed by atoms with Gasteiger partial charge in [-0.3, -0.25) is 0 Å². The lowest BCUT2D eigenvalue weighted by molar-refractivity contribution is 0.559. The summed E-state index contributed by atoms with van der Waals surface area (Å²) in [5, 5.41) is 1.79. The highest BCUT2D eigenvalue weighted by atomic mass is 32.1. The van der Waals surface area contributed by atoms with E-state index in [1.165, 1.54) is 0 Å². The number of benzene rings is 2. The van der Waals surface area contributed by atoms with Crippen molar-refractivity contribution in [3.05, 3.63) is 69.5 Å². The first-order chi connectivity index (χ1) is 14.2. The summed E-state index contributed by atoms with van der Waals surface area (Å²) in [5.41, 5.74) is 2.90. The Kier molecular flexibility index (Phi) is 5.76. The Morgan fingerprint density at radius 3 is 2.59 bits per heavy atom. The third-order valence-corrected chi connectivity index (χ3v) is 5.82. The molecule has 4 nitrogen and oxygen atoms in total. The molecule has 0 saturated heterocycles. The van der Waals surface area contributed by atoms with E-state index in [2.05, 4.69) is 29.8 Å². The molecule has 0 atom stereocenters. The van der Waals surface area contributed by atoms with Gasteiger partial charge in [0.05, 0.1) is 15.8 Å². The van der Waals surface area contributed by atoms with Crippen molar-refractivity contribution in [2.24, 2.45) is 0 Å². The van der Waals surface area contributed by atoms with E-state index in [-0.39, 0.29) is 5.63 Å². The van der Waals surface area contributed by atoms with E-state index in [1.807, 2.05) is 48.5 Å². The molecular weight excluding hydrogens is 380 g/mol. The van der Waals surface area contributed by atoms with Crippen LogP contribution < -0.4 is 10.5 Å². The van der Waals surface area contributed by atoms with Gasteiger partial charge in [-0.1, -0.05) is 26.0 Å². The van der Waals surface area contributed by atoms with Crippen molar-refractivity contribution in [2.45, 2.75) is 26.7 Å². The van der Waals surface area contributed by atoms with Gasteiger partial charge in [0.25, 0.3) is 0 Å². The van der Waals surface area contributed by atoms with Crippen LogP contribution in [0.15, 0.2) is 57.7 Å². The molecule has 0 aliphatic rings. The second kappa shape index (κ2) is 8.62. The van der Waals surface area contributed by atoms with Gasteiger partial charge in [0.1, 0.15) is 10.6 Å². The molecule has 2 heterocycles. The highest BCUT2D eigenvalue weighted by molar-refractivity contribution is 7.19. The van der Waals surface area contributed by atoms with Gasteiger partial charge >= 0.3 is 5.63 Å². The van der Waals surface area contributed by atoms with Gasteiger partial charge < -0.3 is 9.32 Å². The number of fused-ring (bicyclic) bond motifs is 2. The number of thiazole rings is 1. The normalized spacial score (nSPS) is 11.7. The number of para-hydroxylation sites is 1. The number of hydrogen-bond acceptors (Lipinski definition) is 5. The lowest BCUT2D eigenvalue weighted by atomic mass is 10.1. The summed E-state index contributed by atoms with van der Waals surface area (Å²) in [6, 6.07) is 16.0. The minimum absolute atomic E-state index is 0.329. The smallest absolute Gasteiger partial charge is 0.343 e. The predicted octanol–water partition coefficient (Wildman–Crippen LogP) is 6.20. The van der Waals surface area contributed by atoms with Crippen LogP contribution in [0.1, 0.15) is 37.3 Å². The van der Waals surface area contributed by atoms with Crippen LogP contribution in [0.4, 0.5) is 5.69 Å². The van der Waals surface area contributed by atoms with E-state index >= 15 is 0 Å². The Morgan fingerprint density at radius 1 is 1.03 bits per heavy atom. The molecule has 5 heteroatoms. The largest absolute Gasteiger partial charge is 0.422 e. The van der Waals surface area contributed by atoms with Crippen LogP contribution in [0.3, 0.4) is 0 Å². The molecule has 0 aliphatic carbocycles. The molecule has 148 valence electrons. The van der Waals surface area contributed by atoms with E-state index in [0.29, 0.717) is 11.1 Å². The quantitative estimate of drug-likeness (QED) is 0.344. The molecular formula is C24H24N2O2S. The van der Waals surface area contributed by atoms with Gasteiger partial charge in [-0.05, 0) is 55.3 Å². The van der Waals surface area contributed by atoms with Gasteiger partial charge in [-0.15, -0.1) is 11.3 Å². The van der Waals surface area contributed by atoms with Gasteiger partial charge in [0.15, 0.2) is 0 Å². The second-order valence-electron chi connectivity index (χ2n) is 7.05. The third kappa shape index (κ3) is 4.25. The van der Waals surface area contributed by atoms with Crippen molar-refractivity contribution in [1.82, 2.24) is 4.98 Å². The topological polar surface area (TPSA) is 46.3 Å². The van der Waals surface area contributed by atoms with Crippen LogP contribution in [0.2, 0.25) is 0 Å². The molecule has 0 amide bonds. The van der Waals surface area contributed by atoms with Crippen molar-refractivity contribution in [3.63, 3.8) is 0 Å². The van der Waals surface area contributed by atoms with Crippen molar-refractivity contribution < 1.29 is 4.42 Å². The van der Waals surface area contributed by atoms with E-state index < -0.39 is 0 Å². The first kappa shape index (κ1) is 19.4. The van der Waals surface area contributed by atoms with Crippen LogP contribution in [0.5, 0.6) is 0 Å². The zero-order valence-corrected chi connectivity index (χ0v) is 17.5. The average molecular weight is 405 g/mol. The Balaban J connectivity index is 1.64. The fourth-order valence-electron chi connectivity index (χ4n) is 3.46. The Hall–Kier alpha value is -2.92. The zero-order chi connectivity index (χ0) is 20.2. The summed E-state index contributed by atoms with van der Waals surface area (Å²) >= 11 is 1.60.